The van der Waals surface area contributed by atoms with Crippen molar-refractivity contribution < 1.29 is 0 Å². The van der Waals surface area contributed by atoms with E-state index in [4.69, 9.17) is 0 Å². The van der Waals surface area contributed by atoms with Crippen LogP contribution in [-0.4, -0.2) is 9.55 Å². The molecule has 2 rings (SSSR count). The predicted octanol–water partition coefficient (Wildman–Crippen LogP) is 0.876. The van der Waals surface area contributed by atoms with Gasteiger partial charge in [0.05, 0.1) is 10.9 Å². The first kappa shape index (κ1) is 9.45. The summed E-state index contributed by atoms with van der Waals surface area (Å²) in [5, 5.41) is 0.513. The summed E-state index contributed by atoms with van der Waals surface area (Å²) in [7, 11) is 0. The van der Waals surface area contributed by atoms with Crippen molar-refractivity contribution in [3.05, 3.63) is 57.8 Å². The number of H-pyrrole nitrogens is 1. The van der Waals surface area contributed by atoms with Crippen LogP contribution in [0.25, 0.3) is 10.9 Å². The number of para-hydroxylation sites is 1. The lowest BCUT2D eigenvalue weighted by Gasteiger charge is -2.05. The monoisotopic (exact) mass is 202 g/mol. The molecule has 15 heavy (non-hydrogen) atoms. The van der Waals surface area contributed by atoms with Gasteiger partial charge in [-0.1, -0.05) is 18.2 Å². The molecule has 1 N–H and O–H groups in total. The van der Waals surface area contributed by atoms with Crippen molar-refractivity contribution in [3.63, 3.8) is 0 Å². The summed E-state index contributed by atoms with van der Waals surface area (Å²) >= 11 is 0. The molecule has 0 spiro atoms. The van der Waals surface area contributed by atoms with Crippen LogP contribution in [0.1, 0.15) is 0 Å². The summed E-state index contributed by atoms with van der Waals surface area (Å²) in [5.41, 5.74) is -0.124. The van der Waals surface area contributed by atoms with E-state index in [1.807, 2.05) is 0 Å². The molecule has 0 bridgehead atoms. The minimum atomic E-state index is -0.404. The first-order valence-electron chi connectivity index (χ1n) is 4.57. The van der Waals surface area contributed by atoms with E-state index in [0.29, 0.717) is 17.4 Å². The maximum atomic E-state index is 11.5. The third-order valence-electron chi connectivity index (χ3n) is 2.22. The van der Waals surface area contributed by atoms with Gasteiger partial charge in [-0.3, -0.25) is 14.3 Å². The third kappa shape index (κ3) is 1.50. The van der Waals surface area contributed by atoms with Crippen molar-refractivity contribution in [2.45, 2.75) is 6.54 Å². The summed E-state index contributed by atoms with van der Waals surface area (Å²) in [4.78, 5) is 25.2. The Bertz CT molecular complexity index is 622. The average molecular weight is 202 g/mol. The van der Waals surface area contributed by atoms with E-state index in [9.17, 15) is 9.59 Å². The molecular formula is C11H10N2O2. The fourth-order valence-electron chi connectivity index (χ4n) is 1.55. The van der Waals surface area contributed by atoms with Crippen LogP contribution < -0.4 is 11.2 Å². The molecule has 2 aromatic rings. The Labute approximate surface area is 85.5 Å². The number of rotatable bonds is 2. The van der Waals surface area contributed by atoms with E-state index in [1.54, 1.807) is 30.3 Å². The highest BCUT2D eigenvalue weighted by molar-refractivity contribution is 5.77. The number of aromatic amines is 1. The largest absolute Gasteiger partial charge is 0.329 e. The fraction of sp³-hybridized carbons (Fsp3) is 0.0909. The van der Waals surface area contributed by atoms with Crippen molar-refractivity contribution in [2.24, 2.45) is 0 Å². The van der Waals surface area contributed by atoms with Gasteiger partial charge in [-0.05, 0) is 12.1 Å². The van der Waals surface area contributed by atoms with E-state index < -0.39 is 5.69 Å². The van der Waals surface area contributed by atoms with Gasteiger partial charge in [0, 0.05) is 6.54 Å². The molecular weight excluding hydrogens is 192 g/mol. The van der Waals surface area contributed by atoms with Gasteiger partial charge >= 0.3 is 5.69 Å². The Balaban J connectivity index is 2.96. The molecule has 1 aromatic heterocycles. The molecule has 0 saturated heterocycles. The Morgan fingerprint density at radius 2 is 2.07 bits per heavy atom. The number of nitrogens with zero attached hydrogens (tertiary/aromatic N) is 1. The second-order valence-corrected chi connectivity index (χ2v) is 3.18. The maximum absolute atomic E-state index is 11.5. The topological polar surface area (TPSA) is 54.9 Å². The van der Waals surface area contributed by atoms with E-state index in [1.165, 1.54) is 4.57 Å². The molecule has 1 heterocycles. The maximum Gasteiger partial charge on any atom is 0.329 e. The molecule has 1 aromatic carbocycles. The second-order valence-electron chi connectivity index (χ2n) is 3.18. The van der Waals surface area contributed by atoms with Crippen molar-refractivity contribution >= 4 is 10.9 Å². The number of aromatic nitrogens is 2. The first-order valence-corrected chi connectivity index (χ1v) is 4.57. The SMILES string of the molecule is C=CCn1c(=O)[nH]c(=O)c2ccccc21. The van der Waals surface area contributed by atoms with Crippen LogP contribution in [0, 0.1) is 0 Å². The zero-order valence-corrected chi connectivity index (χ0v) is 8.06. The number of hydrogen-bond donors (Lipinski definition) is 1. The van der Waals surface area contributed by atoms with Crippen LogP contribution in [0.15, 0.2) is 46.5 Å². The quantitative estimate of drug-likeness (QED) is 0.735. The summed E-state index contributed by atoms with van der Waals surface area (Å²) in [6.07, 6.45) is 1.62. The molecule has 0 radical (unpaired) electrons. The zero-order valence-electron chi connectivity index (χ0n) is 8.06. The van der Waals surface area contributed by atoms with Gasteiger partial charge in [-0.2, -0.15) is 0 Å². The Kier molecular flexibility index (Phi) is 2.25. The molecule has 0 aliphatic heterocycles. The standard InChI is InChI=1S/C11H10N2O2/c1-2-7-13-9-6-4-3-5-8(9)10(14)12-11(13)15/h2-6H,1,7H2,(H,12,14,15). The molecule has 0 atom stereocenters. The molecule has 0 amide bonds. The first-order chi connectivity index (χ1) is 7.24. The van der Waals surface area contributed by atoms with Gasteiger partial charge in [-0.15, -0.1) is 6.58 Å². The van der Waals surface area contributed by atoms with Gasteiger partial charge in [0.2, 0.25) is 0 Å². The van der Waals surface area contributed by atoms with E-state index in [-0.39, 0.29) is 5.56 Å². The van der Waals surface area contributed by atoms with Crippen LogP contribution in [0.5, 0.6) is 0 Å². The number of benzene rings is 1. The smallest absolute Gasteiger partial charge is 0.290 e. The van der Waals surface area contributed by atoms with Gasteiger partial charge in [0.1, 0.15) is 0 Å². The molecule has 4 heteroatoms. The molecule has 0 fully saturated rings. The molecule has 0 saturated carbocycles. The highest BCUT2D eigenvalue weighted by Gasteiger charge is 2.04. The molecule has 0 aliphatic rings. The highest BCUT2D eigenvalue weighted by atomic mass is 16.2. The zero-order chi connectivity index (χ0) is 10.8. The van der Waals surface area contributed by atoms with Crippen LogP contribution in [0.2, 0.25) is 0 Å². The number of fused-ring (bicyclic) bond motifs is 1. The van der Waals surface area contributed by atoms with E-state index >= 15 is 0 Å². The lowest BCUT2D eigenvalue weighted by atomic mass is 10.2. The van der Waals surface area contributed by atoms with Gasteiger partial charge in [0.25, 0.3) is 5.56 Å². The molecule has 76 valence electrons. The Morgan fingerprint density at radius 1 is 1.33 bits per heavy atom. The number of nitrogens with one attached hydrogen (secondary N) is 1. The van der Waals surface area contributed by atoms with Gasteiger partial charge in [0.15, 0.2) is 0 Å². The average Bonchev–Trinajstić information content (AvgIpc) is 2.24. The third-order valence-corrected chi connectivity index (χ3v) is 2.22. The van der Waals surface area contributed by atoms with Gasteiger partial charge < -0.3 is 0 Å². The minimum Gasteiger partial charge on any atom is -0.290 e. The summed E-state index contributed by atoms with van der Waals surface area (Å²) in [6, 6.07) is 6.99. The van der Waals surface area contributed by atoms with Crippen molar-refractivity contribution in [1.29, 1.82) is 0 Å². The predicted molar refractivity (Wildman–Crippen MR) is 59.0 cm³/mol. The van der Waals surface area contributed by atoms with Crippen LogP contribution in [0.3, 0.4) is 0 Å². The fourth-order valence-corrected chi connectivity index (χ4v) is 1.55. The van der Waals surface area contributed by atoms with Crippen molar-refractivity contribution in [2.75, 3.05) is 0 Å². The summed E-state index contributed by atoms with van der Waals surface area (Å²) in [6.45, 7) is 3.96. The lowest BCUT2D eigenvalue weighted by molar-refractivity contribution is 0.775. The van der Waals surface area contributed by atoms with Gasteiger partial charge in [-0.25, -0.2) is 4.79 Å². The molecule has 0 unspecified atom stereocenters. The molecule has 4 nitrogen and oxygen atoms in total. The Hall–Kier alpha value is -2.10. The summed E-state index contributed by atoms with van der Waals surface area (Å²) < 4.78 is 1.48. The molecule has 0 aliphatic carbocycles. The van der Waals surface area contributed by atoms with Crippen LogP contribution in [-0.2, 0) is 6.54 Å². The van der Waals surface area contributed by atoms with Crippen molar-refractivity contribution in [1.82, 2.24) is 9.55 Å². The number of allylic oxidation sites excluding steroid dienone is 1. The Morgan fingerprint density at radius 3 is 2.80 bits per heavy atom. The normalized spacial score (nSPS) is 10.4. The summed E-state index contributed by atoms with van der Waals surface area (Å²) in [5.74, 6) is 0. The highest BCUT2D eigenvalue weighted by Crippen LogP contribution is 2.05. The van der Waals surface area contributed by atoms with Crippen LogP contribution >= 0.6 is 0 Å². The number of hydrogen-bond acceptors (Lipinski definition) is 2. The minimum absolute atomic E-state index is 0.351. The second kappa shape index (κ2) is 3.57. The lowest BCUT2D eigenvalue weighted by Crippen LogP contribution is -2.29. The van der Waals surface area contributed by atoms with E-state index in [0.717, 1.165) is 0 Å². The van der Waals surface area contributed by atoms with Crippen molar-refractivity contribution in [3.8, 4) is 0 Å². The van der Waals surface area contributed by atoms with E-state index in [2.05, 4.69) is 11.6 Å². The van der Waals surface area contributed by atoms with Crippen LogP contribution in [0.4, 0.5) is 0 Å².